The Morgan fingerprint density at radius 2 is 1.80 bits per heavy atom. The smallest absolute Gasteiger partial charge is 0.325 e. The largest absolute Gasteiger partial charge is 0.464 e. The summed E-state index contributed by atoms with van der Waals surface area (Å²) < 4.78 is 10.2. The molecule has 0 saturated heterocycles. The molecule has 0 aromatic carbocycles. The van der Waals surface area contributed by atoms with Crippen molar-refractivity contribution in [2.24, 2.45) is 5.73 Å². The fourth-order valence-corrected chi connectivity index (χ4v) is 0.949. The molecule has 0 heterocycles. The molecule has 0 aromatic rings. The van der Waals surface area contributed by atoms with Crippen LogP contribution in [0.3, 0.4) is 0 Å². The Labute approximate surface area is 92.1 Å². The first kappa shape index (κ1) is 14.4. The van der Waals surface area contributed by atoms with Crippen LogP contribution in [0.2, 0.25) is 0 Å². The molecular weight excluding hydrogens is 194 g/mol. The van der Waals surface area contributed by atoms with Crippen LogP contribution in [-0.2, 0) is 14.3 Å². The van der Waals surface area contributed by atoms with Gasteiger partial charge in [0.05, 0.1) is 13.2 Å². The summed E-state index contributed by atoms with van der Waals surface area (Å²) in [6, 6.07) is -0.640. The van der Waals surface area contributed by atoms with Gasteiger partial charge in [-0.15, -0.1) is 0 Å². The molecule has 1 atom stereocenters. The molecule has 4 nitrogen and oxygen atoms in total. The van der Waals surface area contributed by atoms with Gasteiger partial charge in [0.2, 0.25) is 0 Å². The van der Waals surface area contributed by atoms with Crippen molar-refractivity contribution < 1.29 is 14.3 Å². The lowest BCUT2D eigenvalue weighted by Gasteiger charge is -2.11. The van der Waals surface area contributed by atoms with Gasteiger partial charge in [0.25, 0.3) is 0 Å². The van der Waals surface area contributed by atoms with Crippen molar-refractivity contribution in [1.82, 2.24) is 0 Å². The SMILES string of the molecule is CCCCOC[C@H](N)C(=O)OCCCC. The van der Waals surface area contributed by atoms with Gasteiger partial charge in [-0.1, -0.05) is 26.7 Å². The predicted octanol–water partition coefficient (Wildman–Crippen LogP) is 1.47. The minimum absolute atomic E-state index is 0.255. The summed E-state index contributed by atoms with van der Waals surface area (Å²) >= 11 is 0. The van der Waals surface area contributed by atoms with E-state index >= 15 is 0 Å². The van der Waals surface area contributed by atoms with Crippen molar-refractivity contribution in [2.45, 2.75) is 45.6 Å². The third kappa shape index (κ3) is 8.39. The molecule has 0 amide bonds. The van der Waals surface area contributed by atoms with Crippen LogP contribution in [0.4, 0.5) is 0 Å². The molecule has 0 spiro atoms. The van der Waals surface area contributed by atoms with Crippen LogP contribution in [0.5, 0.6) is 0 Å². The number of unbranched alkanes of at least 4 members (excludes halogenated alkanes) is 2. The third-order valence-electron chi connectivity index (χ3n) is 1.98. The Morgan fingerprint density at radius 3 is 2.40 bits per heavy atom. The first-order valence-electron chi connectivity index (χ1n) is 5.72. The highest BCUT2D eigenvalue weighted by Crippen LogP contribution is 1.94. The second-order valence-corrected chi connectivity index (χ2v) is 3.56. The number of esters is 1. The topological polar surface area (TPSA) is 61.5 Å². The van der Waals surface area contributed by atoms with E-state index in [0.717, 1.165) is 25.7 Å². The van der Waals surface area contributed by atoms with Gasteiger partial charge < -0.3 is 15.2 Å². The van der Waals surface area contributed by atoms with E-state index in [0.29, 0.717) is 13.2 Å². The van der Waals surface area contributed by atoms with Gasteiger partial charge in [-0.25, -0.2) is 0 Å². The Bertz CT molecular complexity index is 162. The van der Waals surface area contributed by atoms with E-state index in [1.807, 2.05) is 6.92 Å². The van der Waals surface area contributed by atoms with Crippen LogP contribution in [0.25, 0.3) is 0 Å². The van der Waals surface area contributed by atoms with E-state index < -0.39 is 6.04 Å². The van der Waals surface area contributed by atoms with Crippen LogP contribution < -0.4 is 5.73 Å². The lowest BCUT2D eigenvalue weighted by Crippen LogP contribution is -2.37. The maximum Gasteiger partial charge on any atom is 0.325 e. The highest BCUT2D eigenvalue weighted by molar-refractivity contribution is 5.75. The highest BCUT2D eigenvalue weighted by atomic mass is 16.5. The summed E-state index contributed by atoms with van der Waals surface area (Å²) in [6.07, 6.45) is 3.97. The molecule has 0 aliphatic heterocycles. The number of rotatable bonds is 9. The zero-order chi connectivity index (χ0) is 11.5. The molecule has 0 fully saturated rings. The number of carbonyl (C=O) groups is 1. The van der Waals surface area contributed by atoms with Gasteiger partial charge in [-0.05, 0) is 12.8 Å². The summed E-state index contributed by atoms with van der Waals surface area (Å²) in [6.45, 7) is 5.50. The standard InChI is InChI=1S/C11H23NO3/c1-3-5-7-14-9-10(12)11(13)15-8-6-4-2/h10H,3-9,12H2,1-2H3/t10-/m0/s1. The molecular formula is C11H23NO3. The second kappa shape index (κ2) is 9.93. The lowest BCUT2D eigenvalue weighted by molar-refractivity contribution is -0.146. The van der Waals surface area contributed by atoms with E-state index in [-0.39, 0.29) is 12.6 Å². The Kier molecular flexibility index (Phi) is 9.52. The van der Waals surface area contributed by atoms with Crippen molar-refractivity contribution >= 4 is 5.97 Å². The number of hydrogen-bond donors (Lipinski definition) is 1. The second-order valence-electron chi connectivity index (χ2n) is 3.56. The molecule has 0 aromatic heterocycles. The number of ether oxygens (including phenoxy) is 2. The van der Waals surface area contributed by atoms with E-state index in [1.165, 1.54) is 0 Å². The third-order valence-corrected chi connectivity index (χ3v) is 1.98. The molecule has 2 N–H and O–H groups in total. The van der Waals surface area contributed by atoms with Crippen LogP contribution >= 0.6 is 0 Å². The molecule has 90 valence electrons. The van der Waals surface area contributed by atoms with Crippen LogP contribution in [0, 0.1) is 0 Å². The van der Waals surface area contributed by atoms with Gasteiger partial charge in [-0.3, -0.25) is 4.79 Å². The average molecular weight is 217 g/mol. The fourth-order valence-electron chi connectivity index (χ4n) is 0.949. The highest BCUT2D eigenvalue weighted by Gasteiger charge is 2.14. The normalized spacial score (nSPS) is 12.5. The summed E-state index contributed by atoms with van der Waals surface area (Å²) in [7, 11) is 0. The van der Waals surface area contributed by atoms with Crippen molar-refractivity contribution in [3.63, 3.8) is 0 Å². The summed E-state index contributed by atoms with van der Waals surface area (Å²) in [4.78, 5) is 11.3. The molecule has 0 rings (SSSR count). The molecule has 4 heteroatoms. The molecule has 0 saturated carbocycles. The fraction of sp³-hybridized carbons (Fsp3) is 0.909. The summed E-state index contributed by atoms with van der Waals surface area (Å²) in [5.41, 5.74) is 5.58. The monoisotopic (exact) mass is 217 g/mol. The van der Waals surface area contributed by atoms with Crippen LogP contribution in [-0.4, -0.2) is 31.8 Å². The van der Waals surface area contributed by atoms with E-state index in [4.69, 9.17) is 15.2 Å². The van der Waals surface area contributed by atoms with Crippen LogP contribution in [0.1, 0.15) is 39.5 Å². The number of hydrogen-bond acceptors (Lipinski definition) is 4. The Balaban J connectivity index is 3.42. The Morgan fingerprint density at radius 1 is 1.20 bits per heavy atom. The zero-order valence-electron chi connectivity index (χ0n) is 9.83. The molecule has 0 unspecified atom stereocenters. The number of carbonyl (C=O) groups excluding carboxylic acids is 1. The minimum atomic E-state index is -0.640. The van der Waals surface area contributed by atoms with Gasteiger partial charge in [-0.2, -0.15) is 0 Å². The minimum Gasteiger partial charge on any atom is -0.464 e. The quantitative estimate of drug-likeness (QED) is 0.469. The van der Waals surface area contributed by atoms with Gasteiger partial charge in [0.1, 0.15) is 6.04 Å². The van der Waals surface area contributed by atoms with Gasteiger partial charge in [0.15, 0.2) is 0 Å². The van der Waals surface area contributed by atoms with Gasteiger partial charge in [0, 0.05) is 6.61 Å². The van der Waals surface area contributed by atoms with Crippen molar-refractivity contribution in [2.75, 3.05) is 19.8 Å². The molecule has 0 radical (unpaired) electrons. The van der Waals surface area contributed by atoms with Gasteiger partial charge >= 0.3 is 5.97 Å². The van der Waals surface area contributed by atoms with Crippen molar-refractivity contribution in [1.29, 1.82) is 0 Å². The lowest BCUT2D eigenvalue weighted by atomic mass is 10.3. The van der Waals surface area contributed by atoms with Crippen molar-refractivity contribution in [3.8, 4) is 0 Å². The Hall–Kier alpha value is -0.610. The zero-order valence-corrected chi connectivity index (χ0v) is 9.83. The first-order valence-corrected chi connectivity index (χ1v) is 5.72. The van der Waals surface area contributed by atoms with Crippen molar-refractivity contribution in [3.05, 3.63) is 0 Å². The molecule has 0 aliphatic carbocycles. The average Bonchev–Trinajstić information content (AvgIpc) is 2.24. The van der Waals surface area contributed by atoms with E-state index in [2.05, 4.69) is 6.92 Å². The predicted molar refractivity (Wildman–Crippen MR) is 59.6 cm³/mol. The summed E-state index contributed by atoms with van der Waals surface area (Å²) in [5.74, 6) is -0.361. The van der Waals surface area contributed by atoms with E-state index in [9.17, 15) is 4.79 Å². The maximum atomic E-state index is 11.3. The number of nitrogens with two attached hydrogens (primary N) is 1. The summed E-state index contributed by atoms with van der Waals surface area (Å²) in [5, 5.41) is 0. The maximum absolute atomic E-state index is 11.3. The first-order chi connectivity index (χ1) is 7.22. The molecule has 15 heavy (non-hydrogen) atoms. The van der Waals surface area contributed by atoms with Crippen LogP contribution in [0.15, 0.2) is 0 Å². The van der Waals surface area contributed by atoms with E-state index in [1.54, 1.807) is 0 Å². The molecule has 0 bridgehead atoms. The molecule has 0 aliphatic rings.